The molecule has 0 aliphatic rings. The van der Waals surface area contributed by atoms with Gasteiger partial charge < -0.3 is 21.1 Å². The van der Waals surface area contributed by atoms with Crippen LogP contribution in [-0.4, -0.2) is 18.9 Å². The summed E-state index contributed by atoms with van der Waals surface area (Å²) in [4.78, 5) is 25.7. The van der Waals surface area contributed by atoms with E-state index in [1.54, 1.807) is 54.6 Å². The lowest BCUT2D eigenvalue weighted by Gasteiger charge is -2.11. The Morgan fingerprint density at radius 1 is 0.895 bits per heavy atom. The Balaban J connectivity index is 1.49. The number of hydrogen-bond donors (Lipinski definition) is 3. The summed E-state index contributed by atoms with van der Waals surface area (Å²) in [6, 6.07) is 23.5. The van der Waals surface area contributed by atoms with Crippen molar-refractivity contribution in [2.24, 2.45) is 0 Å². The van der Waals surface area contributed by atoms with Crippen molar-refractivity contribution < 1.29 is 23.1 Å². The molecule has 4 aromatic rings. The predicted molar refractivity (Wildman–Crippen MR) is 144 cm³/mol. The van der Waals surface area contributed by atoms with Crippen LogP contribution >= 0.6 is 0 Å². The maximum atomic E-state index is 13.8. The SMILES string of the molecule is COc1cc(C=C(C(=O)NCc2ccc(C(=O)Nc3ccccc3N)cc2)c2ccc(F)cc2)ccc1F. The number of benzene rings is 4. The van der Waals surface area contributed by atoms with Gasteiger partial charge in [-0.25, -0.2) is 8.78 Å². The number of methoxy groups -OCH3 is 1. The van der Waals surface area contributed by atoms with Crippen molar-refractivity contribution in [1.82, 2.24) is 5.32 Å². The monoisotopic (exact) mass is 513 g/mol. The normalized spacial score (nSPS) is 11.1. The van der Waals surface area contributed by atoms with Crippen LogP contribution in [0.1, 0.15) is 27.0 Å². The average molecular weight is 514 g/mol. The predicted octanol–water partition coefficient (Wildman–Crippen LogP) is 5.66. The van der Waals surface area contributed by atoms with Gasteiger partial charge >= 0.3 is 0 Å². The molecule has 38 heavy (non-hydrogen) atoms. The van der Waals surface area contributed by atoms with Crippen LogP contribution in [0.4, 0.5) is 20.2 Å². The Morgan fingerprint density at radius 3 is 2.26 bits per heavy atom. The van der Waals surface area contributed by atoms with Gasteiger partial charge in [-0.3, -0.25) is 9.59 Å². The first-order valence-electron chi connectivity index (χ1n) is 11.7. The highest BCUT2D eigenvalue weighted by atomic mass is 19.1. The molecule has 0 saturated heterocycles. The lowest BCUT2D eigenvalue weighted by atomic mass is 10.0. The number of carbonyl (C=O) groups excluding carboxylic acids is 2. The first kappa shape index (κ1) is 26.1. The van der Waals surface area contributed by atoms with E-state index in [0.717, 1.165) is 5.56 Å². The van der Waals surface area contributed by atoms with Gasteiger partial charge in [-0.1, -0.05) is 42.5 Å². The van der Waals surface area contributed by atoms with Crippen molar-refractivity contribution in [1.29, 1.82) is 0 Å². The quantitative estimate of drug-likeness (QED) is 0.161. The zero-order chi connectivity index (χ0) is 27.1. The fourth-order valence-electron chi connectivity index (χ4n) is 3.70. The maximum Gasteiger partial charge on any atom is 0.255 e. The van der Waals surface area contributed by atoms with E-state index >= 15 is 0 Å². The standard InChI is InChI=1S/C30H25F2N3O3/c1-38-28-17-20(8-15-25(28)32)16-24(21-11-13-23(31)14-12-21)30(37)34-18-19-6-9-22(10-7-19)29(36)35-27-5-3-2-4-26(27)33/h2-17H,18,33H2,1H3,(H,34,37)(H,35,36). The number of nitrogen functional groups attached to an aromatic ring is 1. The fourth-order valence-corrected chi connectivity index (χ4v) is 3.70. The largest absolute Gasteiger partial charge is 0.494 e. The number of nitrogens with two attached hydrogens (primary N) is 1. The Labute approximate surface area is 218 Å². The second-order valence-electron chi connectivity index (χ2n) is 8.38. The first-order valence-corrected chi connectivity index (χ1v) is 11.7. The van der Waals surface area contributed by atoms with Crippen molar-refractivity contribution in [3.8, 4) is 5.75 Å². The van der Waals surface area contributed by atoms with Crippen LogP contribution in [0.5, 0.6) is 5.75 Å². The fraction of sp³-hybridized carbons (Fsp3) is 0.0667. The summed E-state index contributed by atoms with van der Waals surface area (Å²) in [5.41, 5.74) is 9.34. The topological polar surface area (TPSA) is 93.4 Å². The van der Waals surface area contributed by atoms with Gasteiger partial charge in [0.2, 0.25) is 0 Å². The minimum Gasteiger partial charge on any atom is -0.494 e. The van der Waals surface area contributed by atoms with Crippen LogP contribution in [0, 0.1) is 11.6 Å². The van der Waals surface area contributed by atoms with E-state index in [-0.39, 0.29) is 23.8 Å². The van der Waals surface area contributed by atoms with Gasteiger partial charge in [0.25, 0.3) is 11.8 Å². The molecule has 192 valence electrons. The molecule has 0 atom stereocenters. The zero-order valence-corrected chi connectivity index (χ0v) is 20.5. The summed E-state index contributed by atoms with van der Waals surface area (Å²) < 4.78 is 32.4. The molecule has 0 aliphatic heterocycles. The number of hydrogen-bond acceptors (Lipinski definition) is 4. The maximum absolute atomic E-state index is 13.8. The van der Waals surface area contributed by atoms with E-state index in [4.69, 9.17) is 10.5 Å². The second-order valence-corrected chi connectivity index (χ2v) is 8.38. The van der Waals surface area contributed by atoms with Crippen LogP contribution in [0.3, 0.4) is 0 Å². The van der Waals surface area contributed by atoms with Crippen LogP contribution in [0.25, 0.3) is 11.6 Å². The molecule has 4 rings (SSSR count). The van der Waals surface area contributed by atoms with Crippen LogP contribution < -0.4 is 21.1 Å². The number of ether oxygens (including phenoxy) is 1. The first-order chi connectivity index (χ1) is 18.3. The third-order valence-electron chi connectivity index (χ3n) is 5.76. The summed E-state index contributed by atoms with van der Waals surface area (Å²) in [5, 5.41) is 5.61. The number of amides is 2. The molecule has 4 N–H and O–H groups in total. The van der Waals surface area contributed by atoms with Gasteiger partial charge in [-0.05, 0) is 71.3 Å². The minimum atomic E-state index is -0.526. The molecule has 6 nitrogen and oxygen atoms in total. The Hall–Kier alpha value is -4.98. The summed E-state index contributed by atoms with van der Waals surface area (Å²) >= 11 is 0. The average Bonchev–Trinajstić information content (AvgIpc) is 2.93. The molecule has 0 aromatic heterocycles. The number of carbonyl (C=O) groups is 2. The van der Waals surface area contributed by atoms with Crippen molar-refractivity contribution >= 4 is 34.8 Å². The molecule has 0 saturated carbocycles. The van der Waals surface area contributed by atoms with Gasteiger partial charge in [0.15, 0.2) is 11.6 Å². The molecule has 8 heteroatoms. The Morgan fingerprint density at radius 2 is 1.58 bits per heavy atom. The van der Waals surface area contributed by atoms with E-state index in [1.165, 1.54) is 49.6 Å². The number of anilines is 2. The third kappa shape index (κ3) is 6.41. The van der Waals surface area contributed by atoms with Crippen LogP contribution in [0.15, 0.2) is 91.0 Å². The molecule has 0 radical (unpaired) electrons. The minimum absolute atomic E-state index is 0.0386. The smallest absolute Gasteiger partial charge is 0.255 e. The molecule has 0 aliphatic carbocycles. The van der Waals surface area contributed by atoms with Crippen molar-refractivity contribution in [2.75, 3.05) is 18.2 Å². The second kappa shape index (κ2) is 11.8. The van der Waals surface area contributed by atoms with E-state index in [0.29, 0.717) is 28.1 Å². The zero-order valence-electron chi connectivity index (χ0n) is 20.5. The van der Waals surface area contributed by atoms with Crippen molar-refractivity contribution in [3.05, 3.63) is 125 Å². The summed E-state index contributed by atoms with van der Waals surface area (Å²) in [7, 11) is 1.35. The van der Waals surface area contributed by atoms with E-state index in [2.05, 4.69) is 10.6 Å². The van der Waals surface area contributed by atoms with Crippen LogP contribution in [-0.2, 0) is 11.3 Å². The molecule has 0 unspecified atom stereocenters. The number of nitrogens with one attached hydrogen (secondary N) is 2. The van der Waals surface area contributed by atoms with Crippen molar-refractivity contribution in [3.63, 3.8) is 0 Å². The molecular weight excluding hydrogens is 488 g/mol. The lowest BCUT2D eigenvalue weighted by molar-refractivity contribution is -0.115. The molecule has 0 bridgehead atoms. The Kier molecular flexibility index (Phi) is 8.13. The molecule has 0 heterocycles. The van der Waals surface area contributed by atoms with E-state index in [9.17, 15) is 18.4 Å². The van der Waals surface area contributed by atoms with Gasteiger partial charge in [0, 0.05) is 17.7 Å². The highest BCUT2D eigenvalue weighted by Gasteiger charge is 2.14. The number of rotatable bonds is 8. The molecule has 2 amide bonds. The summed E-state index contributed by atoms with van der Waals surface area (Å²) in [5.74, 6) is -1.65. The highest BCUT2D eigenvalue weighted by Crippen LogP contribution is 2.24. The van der Waals surface area contributed by atoms with E-state index < -0.39 is 17.5 Å². The lowest BCUT2D eigenvalue weighted by Crippen LogP contribution is -2.24. The van der Waals surface area contributed by atoms with Crippen molar-refractivity contribution in [2.45, 2.75) is 6.54 Å². The molecule has 0 spiro atoms. The van der Waals surface area contributed by atoms with E-state index in [1.807, 2.05) is 0 Å². The summed E-state index contributed by atoms with van der Waals surface area (Å²) in [6.45, 7) is 0.178. The van der Waals surface area contributed by atoms with Gasteiger partial charge in [0.1, 0.15) is 5.82 Å². The highest BCUT2D eigenvalue weighted by molar-refractivity contribution is 6.24. The molecular formula is C30H25F2N3O3. The summed E-state index contributed by atoms with van der Waals surface area (Å²) in [6.07, 6.45) is 1.58. The third-order valence-corrected chi connectivity index (χ3v) is 5.76. The van der Waals surface area contributed by atoms with Gasteiger partial charge in [0.05, 0.1) is 18.5 Å². The number of para-hydroxylation sites is 2. The van der Waals surface area contributed by atoms with Crippen LogP contribution in [0.2, 0.25) is 0 Å². The Bertz CT molecular complexity index is 1480. The molecule has 0 fully saturated rings. The van der Waals surface area contributed by atoms with Gasteiger partial charge in [-0.2, -0.15) is 0 Å². The number of halogens is 2. The van der Waals surface area contributed by atoms with Gasteiger partial charge in [-0.15, -0.1) is 0 Å². The molecule has 4 aromatic carbocycles.